The molecule has 0 aliphatic rings. The minimum absolute atomic E-state index is 0.0993. The molecule has 3 nitrogen and oxygen atoms in total. The van der Waals surface area contributed by atoms with E-state index in [1.807, 2.05) is 18.2 Å². The zero-order valence-electron chi connectivity index (χ0n) is 9.15. The molecule has 0 unspecified atom stereocenters. The summed E-state index contributed by atoms with van der Waals surface area (Å²) in [5.74, 6) is 0.829. The number of Topliss-reactive ketones (excluding diaryl/α,β-unsaturated/α-hetero) is 1. The van der Waals surface area contributed by atoms with Crippen LogP contribution in [0.5, 0.6) is 0 Å². The third-order valence-corrected chi connectivity index (χ3v) is 2.82. The van der Waals surface area contributed by atoms with Crippen molar-refractivity contribution < 1.29 is 9.21 Å². The van der Waals surface area contributed by atoms with Crippen LogP contribution in [0.15, 0.2) is 40.8 Å². The number of furan rings is 1. The average molecular weight is 250 g/mol. The summed E-state index contributed by atoms with van der Waals surface area (Å²) in [5.41, 5.74) is 6.21. The quantitative estimate of drug-likeness (QED) is 0.848. The molecule has 0 saturated carbocycles. The first-order valence-corrected chi connectivity index (χ1v) is 5.64. The van der Waals surface area contributed by atoms with E-state index in [2.05, 4.69) is 0 Å². The Morgan fingerprint density at radius 1 is 1.24 bits per heavy atom. The van der Waals surface area contributed by atoms with Crippen molar-refractivity contribution in [1.82, 2.24) is 0 Å². The number of carbonyl (C=O) groups excluding carboxylic acids is 1. The summed E-state index contributed by atoms with van der Waals surface area (Å²) in [6.45, 7) is 0.291. The summed E-state index contributed by atoms with van der Waals surface area (Å²) in [6.07, 6.45) is 0.233. The molecule has 0 spiro atoms. The summed E-state index contributed by atoms with van der Waals surface area (Å²) in [6, 6.07) is 10.6. The van der Waals surface area contributed by atoms with E-state index in [0.29, 0.717) is 23.1 Å². The smallest absolute Gasteiger partial charge is 0.202 e. The number of hydrogen-bond donors (Lipinski definition) is 1. The fraction of sp³-hybridized carbons (Fsp3) is 0.154. The molecule has 0 bridgehead atoms. The van der Waals surface area contributed by atoms with Gasteiger partial charge in [0.15, 0.2) is 5.76 Å². The van der Waals surface area contributed by atoms with Crippen molar-refractivity contribution >= 4 is 17.4 Å². The van der Waals surface area contributed by atoms with Crippen LogP contribution in [0.1, 0.15) is 21.9 Å². The van der Waals surface area contributed by atoms with Gasteiger partial charge in [0.2, 0.25) is 5.78 Å². The number of hydrogen-bond acceptors (Lipinski definition) is 3. The largest absolute Gasteiger partial charge is 0.457 e. The molecule has 2 aromatic rings. The maximum atomic E-state index is 11.9. The Morgan fingerprint density at radius 2 is 2.00 bits per heavy atom. The van der Waals surface area contributed by atoms with Gasteiger partial charge in [-0.05, 0) is 23.8 Å². The van der Waals surface area contributed by atoms with E-state index >= 15 is 0 Å². The average Bonchev–Trinajstić information content (AvgIpc) is 2.81. The van der Waals surface area contributed by atoms with E-state index < -0.39 is 0 Å². The molecule has 2 rings (SSSR count). The number of nitrogens with two attached hydrogens (primary N) is 1. The lowest BCUT2D eigenvalue weighted by Gasteiger charge is -2.01. The molecule has 4 heteroatoms. The second-order valence-electron chi connectivity index (χ2n) is 3.66. The fourth-order valence-electron chi connectivity index (χ4n) is 1.54. The highest BCUT2D eigenvalue weighted by Crippen LogP contribution is 2.18. The number of halogens is 1. The molecule has 0 aliphatic heterocycles. The lowest BCUT2D eigenvalue weighted by Crippen LogP contribution is -2.02. The topological polar surface area (TPSA) is 56.2 Å². The van der Waals surface area contributed by atoms with Gasteiger partial charge in [-0.25, -0.2) is 0 Å². The molecule has 0 saturated heterocycles. The molecule has 1 aromatic carbocycles. The minimum Gasteiger partial charge on any atom is -0.457 e. The number of ketones is 1. The Hall–Kier alpha value is -1.58. The van der Waals surface area contributed by atoms with Crippen molar-refractivity contribution in [2.45, 2.75) is 13.0 Å². The highest BCUT2D eigenvalue weighted by molar-refractivity contribution is 6.31. The van der Waals surface area contributed by atoms with Crippen LogP contribution in [0.4, 0.5) is 0 Å². The summed E-state index contributed by atoms with van der Waals surface area (Å²) in [7, 11) is 0. The maximum absolute atomic E-state index is 11.9. The second-order valence-corrected chi connectivity index (χ2v) is 4.07. The van der Waals surface area contributed by atoms with Gasteiger partial charge in [0.05, 0.1) is 6.54 Å². The molecule has 17 heavy (non-hydrogen) atoms. The van der Waals surface area contributed by atoms with Gasteiger partial charge < -0.3 is 10.2 Å². The Balaban J connectivity index is 2.14. The second kappa shape index (κ2) is 5.17. The SMILES string of the molecule is NCc1ccc(C(=O)Cc2ccccc2Cl)o1. The van der Waals surface area contributed by atoms with Crippen molar-refractivity contribution in [2.24, 2.45) is 5.73 Å². The molecule has 0 fully saturated rings. The summed E-state index contributed by atoms with van der Waals surface area (Å²) in [4.78, 5) is 11.9. The van der Waals surface area contributed by atoms with Gasteiger partial charge in [-0.2, -0.15) is 0 Å². The van der Waals surface area contributed by atoms with Crippen molar-refractivity contribution in [3.63, 3.8) is 0 Å². The molecular weight excluding hydrogens is 238 g/mol. The van der Waals surface area contributed by atoms with Crippen LogP contribution in [-0.4, -0.2) is 5.78 Å². The van der Waals surface area contributed by atoms with Gasteiger partial charge in [0.1, 0.15) is 5.76 Å². The number of rotatable bonds is 4. The molecule has 0 amide bonds. The van der Waals surface area contributed by atoms with Crippen molar-refractivity contribution in [3.05, 3.63) is 58.5 Å². The van der Waals surface area contributed by atoms with Gasteiger partial charge in [0.25, 0.3) is 0 Å². The Bertz CT molecular complexity index is 534. The first-order chi connectivity index (χ1) is 8.20. The lowest BCUT2D eigenvalue weighted by atomic mass is 10.1. The van der Waals surface area contributed by atoms with E-state index in [1.54, 1.807) is 18.2 Å². The van der Waals surface area contributed by atoms with E-state index in [9.17, 15) is 4.79 Å². The summed E-state index contributed by atoms with van der Waals surface area (Å²) in [5, 5.41) is 0.589. The van der Waals surface area contributed by atoms with Gasteiger partial charge in [-0.1, -0.05) is 29.8 Å². The van der Waals surface area contributed by atoms with Crippen LogP contribution >= 0.6 is 11.6 Å². The van der Waals surface area contributed by atoms with E-state index in [0.717, 1.165) is 5.56 Å². The van der Waals surface area contributed by atoms with Crippen LogP contribution in [0.25, 0.3) is 0 Å². The highest BCUT2D eigenvalue weighted by Gasteiger charge is 2.13. The van der Waals surface area contributed by atoms with E-state index in [4.69, 9.17) is 21.8 Å². The van der Waals surface area contributed by atoms with Crippen molar-refractivity contribution in [2.75, 3.05) is 0 Å². The third kappa shape index (κ3) is 2.75. The van der Waals surface area contributed by atoms with Crippen LogP contribution in [-0.2, 0) is 13.0 Å². The standard InChI is InChI=1S/C13H12ClNO2/c14-11-4-2-1-3-9(11)7-12(16)13-6-5-10(8-15)17-13/h1-6H,7-8,15H2. The Morgan fingerprint density at radius 3 is 2.65 bits per heavy atom. The van der Waals surface area contributed by atoms with Crippen molar-refractivity contribution in [3.8, 4) is 0 Å². The van der Waals surface area contributed by atoms with Crippen molar-refractivity contribution in [1.29, 1.82) is 0 Å². The lowest BCUT2D eigenvalue weighted by molar-refractivity contribution is 0.0964. The van der Waals surface area contributed by atoms with Gasteiger partial charge in [0, 0.05) is 11.4 Å². The summed E-state index contributed by atoms with van der Waals surface area (Å²) < 4.78 is 5.29. The number of benzene rings is 1. The van der Waals surface area contributed by atoms with Crippen LogP contribution in [0.2, 0.25) is 5.02 Å². The summed E-state index contributed by atoms with van der Waals surface area (Å²) >= 11 is 5.99. The third-order valence-electron chi connectivity index (χ3n) is 2.45. The Kier molecular flexibility index (Phi) is 3.61. The molecule has 1 heterocycles. The van der Waals surface area contributed by atoms with Crippen LogP contribution < -0.4 is 5.73 Å². The predicted octanol–water partition coefficient (Wildman–Crippen LogP) is 2.82. The fourth-order valence-corrected chi connectivity index (χ4v) is 1.74. The molecular formula is C13H12ClNO2. The first-order valence-electron chi connectivity index (χ1n) is 5.26. The molecule has 0 aliphatic carbocycles. The van der Waals surface area contributed by atoms with Gasteiger partial charge in [-0.3, -0.25) is 4.79 Å². The molecule has 0 radical (unpaired) electrons. The molecule has 1 aromatic heterocycles. The van der Waals surface area contributed by atoms with Gasteiger partial charge in [-0.15, -0.1) is 0 Å². The normalized spacial score (nSPS) is 10.5. The van der Waals surface area contributed by atoms with Crippen LogP contribution in [0, 0.1) is 0 Å². The highest BCUT2D eigenvalue weighted by atomic mass is 35.5. The van der Waals surface area contributed by atoms with E-state index in [1.165, 1.54) is 0 Å². The minimum atomic E-state index is -0.0993. The maximum Gasteiger partial charge on any atom is 0.202 e. The van der Waals surface area contributed by atoms with Crippen LogP contribution in [0.3, 0.4) is 0 Å². The number of carbonyl (C=O) groups is 1. The zero-order valence-corrected chi connectivity index (χ0v) is 9.91. The first kappa shape index (κ1) is 11.9. The molecule has 88 valence electrons. The predicted molar refractivity (Wildman–Crippen MR) is 66.1 cm³/mol. The Labute approximate surface area is 104 Å². The monoisotopic (exact) mass is 249 g/mol. The van der Waals surface area contributed by atoms with E-state index in [-0.39, 0.29) is 12.2 Å². The zero-order chi connectivity index (χ0) is 12.3. The molecule has 0 atom stereocenters. The van der Waals surface area contributed by atoms with Gasteiger partial charge >= 0.3 is 0 Å². The molecule has 2 N–H and O–H groups in total.